The highest BCUT2D eigenvalue weighted by Gasteiger charge is 2.36. The van der Waals surface area contributed by atoms with Gasteiger partial charge < -0.3 is 5.73 Å². The van der Waals surface area contributed by atoms with Crippen LogP contribution in [-0.4, -0.2) is 6.04 Å². The minimum absolute atomic E-state index is 0.442. The smallest absolute Gasteiger partial charge is 0.00722 e. The predicted octanol–water partition coefficient (Wildman–Crippen LogP) is 1.77. The van der Waals surface area contributed by atoms with Gasteiger partial charge in [0.25, 0.3) is 0 Å². The lowest BCUT2D eigenvalue weighted by atomic mass is 9.65. The zero-order valence-electron chi connectivity index (χ0n) is 6.65. The molecule has 2 N–H and O–H groups in total. The van der Waals surface area contributed by atoms with E-state index >= 15 is 0 Å². The van der Waals surface area contributed by atoms with Gasteiger partial charge in [0.1, 0.15) is 0 Å². The highest BCUT2D eigenvalue weighted by molar-refractivity contribution is 4.90. The fourth-order valence-corrected chi connectivity index (χ4v) is 1.60. The van der Waals surface area contributed by atoms with Crippen LogP contribution in [0.5, 0.6) is 0 Å². The minimum Gasteiger partial charge on any atom is -0.327 e. The molecule has 0 spiro atoms. The monoisotopic (exact) mass is 127 g/mol. The van der Waals surface area contributed by atoms with Gasteiger partial charge in [-0.25, -0.2) is 0 Å². The maximum absolute atomic E-state index is 5.81. The molecule has 0 radical (unpaired) electrons. The Morgan fingerprint density at radius 3 is 1.78 bits per heavy atom. The summed E-state index contributed by atoms with van der Waals surface area (Å²) in [6.45, 7) is 6.82. The third-order valence-electron chi connectivity index (χ3n) is 2.44. The van der Waals surface area contributed by atoms with Crippen molar-refractivity contribution >= 4 is 0 Å². The molecule has 2 atom stereocenters. The summed E-state index contributed by atoms with van der Waals surface area (Å²) in [6, 6.07) is 0.491. The van der Waals surface area contributed by atoms with Gasteiger partial charge in [-0.1, -0.05) is 20.8 Å². The Morgan fingerprint density at radius 2 is 1.78 bits per heavy atom. The van der Waals surface area contributed by atoms with Crippen LogP contribution in [0.2, 0.25) is 0 Å². The Kier molecular flexibility index (Phi) is 1.55. The Balaban J connectivity index is 2.44. The number of hydrogen-bond donors (Lipinski definition) is 1. The maximum Gasteiger partial charge on any atom is 0.00722 e. The van der Waals surface area contributed by atoms with E-state index in [9.17, 15) is 0 Å². The van der Waals surface area contributed by atoms with E-state index in [2.05, 4.69) is 20.8 Å². The van der Waals surface area contributed by atoms with Crippen molar-refractivity contribution in [1.82, 2.24) is 0 Å². The second-order valence-electron chi connectivity index (χ2n) is 4.21. The van der Waals surface area contributed by atoms with Gasteiger partial charge in [-0.05, 0) is 24.2 Å². The lowest BCUT2D eigenvalue weighted by Gasteiger charge is -2.43. The van der Waals surface area contributed by atoms with Crippen LogP contribution < -0.4 is 5.73 Å². The number of nitrogens with two attached hydrogens (primary N) is 1. The average Bonchev–Trinajstić information content (AvgIpc) is 1.57. The van der Waals surface area contributed by atoms with Crippen molar-refractivity contribution in [3.8, 4) is 0 Å². The van der Waals surface area contributed by atoms with Crippen molar-refractivity contribution in [3.63, 3.8) is 0 Å². The first-order valence-electron chi connectivity index (χ1n) is 3.77. The zero-order valence-corrected chi connectivity index (χ0v) is 6.65. The van der Waals surface area contributed by atoms with Crippen molar-refractivity contribution in [2.45, 2.75) is 39.7 Å². The first-order chi connectivity index (χ1) is 4.02. The largest absolute Gasteiger partial charge is 0.327 e. The topological polar surface area (TPSA) is 26.0 Å². The summed E-state index contributed by atoms with van der Waals surface area (Å²) in [7, 11) is 0. The van der Waals surface area contributed by atoms with Gasteiger partial charge in [0.2, 0.25) is 0 Å². The Hall–Kier alpha value is -0.0400. The summed E-state index contributed by atoms with van der Waals surface area (Å²) in [5, 5.41) is 0. The van der Waals surface area contributed by atoms with Crippen LogP contribution in [0.3, 0.4) is 0 Å². The molecule has 0 bridgehead atoms. The van der Waals surface area contributed by atoms with Crippen molar-refractivity contribution in [2.24, 2.45) is 17.1 Å². The molecule has 1 heteroatoms. The average molecular weight is 127 g/mol. The highest BCUT2D eigenvalue weighted by Crippen LogP contribution is 2.40. The molecule has 1 rings (SSSR count). The van der Waals surface area contributed by atoms with Gasteiger partial charge in [-0.2, -0.15) is 0 Å². The van der Waals surface area contributed by atoms with Crippen LogP contribution in [0.4, 0.5) is 0 Å². The molecular formula is C8H17N. The SMILES string of the molecule is CC(C)(C)C1CCC1N. The van der Waals surface area contributed by atoms with E-state index in [0.717, 1.165) is 5.92 Å². The fourth-order valence-electron chi connectivity index (χ4n) is 1.60. The molecule has 0 aromatic carbocycles. The molecule has 9 heavy (non-hydrogen) atoms. The predicted molar refractivity (Wildman–Crippen MR) is 40.2 cm³/mol. The molecule has 1 aliphatic rings. The zero-order chi connectivity index (χ0) is 7.07. The van der Waals surface area contributed by atoms with E-state index in [-0.39, 0.29) is 0 Å². The second kappa shape index (κ2) is 1.98. The van der Waals surface area contributed by atoms with Gasteiger partial charge in [0, 0.05) is 6.04 Å². The van der Waals surface area contributed by atoms with Crippen LogP contribution in [0.25, 0.3) is 0 Å². The van der Waals surface area contributed by atoms with E-state index in [1.165, 1.54) is 12.8 Å². The van der Waals surface area contributed by atoms with E-state index in [0.29, 0.717) is 11.5 Å². The number of rotatable bonds is 0. The Morgan fingerprint density at radius 1 is 1.22 bits per heavy atom. The van der Waals surface area contributed by atoms with Crippen molar-refractivity contribution in [1.29, 1.82) is 0 Å². The minimum atomic E-state index is 0.442. The van der Waals surface area contributed by atoms with Gasteiger partial charge in [-0.15, -0.1) is 0 Å². The van der Waals surface area contributed by atoms with Crippen LogP contribution in [0.15, 0.2) is 0 Å². The van der Waals surface area contributed by atoms with Gasteiger partial charge >= 0.3 is 0 Å². The van der Waals surface area contributed by atoms with Crippen LogP contribution >= 0.6 is 0 Å². The summed E-state index contributed by atoms with van der Waals surface area (Å²) >= 11 is 0. The van der Waals surface area contributed by atoms with Crippen molar-refractivity contribution < 1.29 is 0 Å². The molecule has 54 valence electrons. The summed E-state index contributed by atoms with van der Waals surface area (Å²) in [4.78, 5) is 0. The normalized spacial score (nSPS) is 36.0. The molecule has 2 unspecified atom stereocenters. The second-order valence-corrected chi connectivity index (χ2v) is 4.21. The molecule has 0 aromatic rings. The van der Waals surface area contributed by atoms with E-state index < -0.39 is 0 Å². The van der Waals surface area contributed by atoms with Gasteiger partial charge in [-0.3, -0.25) is 0 Å². The summed E-state index contributed by atoms with van der Waals surface area (Å²) in [5.41, 5.74) is 6.25. The van der Waals surface area contributed by atoms with Crippen LogP contribution in [-0.2, 0) is 0 Å². The molecule has 0 aromatic heterocycles. The molecule has 0 amide bonds. The summed E-state index contributed by atoms with van der Waals surface area (Å²) in [6.07, 6.45) is 2.58. The molecular weight excluding hydrogens is 110 g/mol. The van der Waals surface area contributed by atoms with Crippen LogP contribution in [0.1, 0.15) is 33.6 Å². The summed E-state index contributed by atoms with van der Waals surface area (Å²) in [5.74, 6) is 0.775. The van der Waals surface area contributed by atoms with Crippen molar-refractivity contribution in [3.05, 3.63) is 0 Å². The van der Waals surface area contributed by atoms with E-state index in [1.807, 2.05) is 0 Å². The van der Waals surface area contributed by atoms with E-state index in [4.69, 9.17) is 5.73 Å². The molecule has 1 nitrogen and oxygen atoms in total. The molecule has 1 saturated carbocycles. The standard InChI is InChI=1S/C8H17N/c1-8(2,3)6-4-5-7(6)9/h6-7H,4-5,9H2,1-3H3. The van der Waals surface area contributed by atoms with Crippen molar-refractivity contribution in [2.75, 3.05) is 0 Å². The fraction of sp³-hybridized carbons (Fsp3) is 1.00. The van der Waals surface area contributed by atoms with Gasteiger partial charge in [0.05, 0.1) is 0 Å². The third kappa shape index (κ3) is 1.26. The summed E-state index contributed by atoms with van der Waals surface area (Å²) < 4.78 is 0. The highest BCUT2D eigenvalue weighted by atomic mass is 14.7. The lowest BCUT2D eigenvalue weighted by molar-refractivity contribution is 0.109. The first kappa shape index (κ1) is 7.07. The number of hydrogen-bond acceptors (Lipinski definition) is 1. The Labute approximate surface area is 57.6 Å². The Bertz CT molecular complexity index is 102. The molecule has 1 aliphatic carbocycles. The molecule has 0 heterocycles. The van der Waals surface area contributed by atoms with Crippen LogP contribution in [0, 0.1) is 11.3 Å². The van der Waals surface area contributed by atoms with Gasteiger partial charge in [0.15, 0.2) is 0 Å². The molecule has 0 saturated heterocycles. The molecule has 0 aliphatic heterocycles. The maximum atomic E-state index is 5.81. The first-order valence-corrected chi connectivity index (χ1v) is 3.77. The van der Waals surface area contributed by atoms with E-state index in [1.54, 1.807) is 0 Å². The quantitative estimate of drug-likeness (QED) is 0.527. The molecule has 1 fully saturated rings. The lowest BCUT2D eigenvalue weighted by Crippen LogP contribution is -2.46. The third-order valence-corrected chi connectivity index (χ3v) is 2.44.